The van der Waals surface area contributed by atoms with Crippen molar-refractivity contribution >= 4 is 14.3 Å². The first kappa shape index (κ1) is 24.9. The van der Waals surface area contributed by atoms with Crippen LogP contribution in [0.5, 0.6) is 0 Å². The zero-order valence-corrected chi connectivity index (χ0v) is 18.6. The monoisotopic (exact) mass is 380 g/mol. The number of ether oxygens (including phenoxy) is 1. The van der Waals surface area contributed by atoms with E-state index in [1.54, 1.807) is 0 Å². The van der Waals surface area contributed by atoms with Crippen LogP contribution in [0.2, 0.25) is 19.6 Å². The molecule has 0 saturated carbocycles. The molecular formula is C22H40O3Si. The third kappa shape index (κ3) is 17.7. The van der Waals surface area contributed by atoms with E-state index in [0.717, 1.165) is 32.1 Å². The zero-order chi connectivity index (χ0) is 19.7. The Bertz CT molecular complexity index is 433. The second-order valence-electron chi connectivity index (χ2n) is 7.58. The largest absolute Gasteiger partial charge is 0.469 e. The van der Waals surface area contributed by atoms with Gasteiger partial charge in [-0.15, -0.1) is 0 Å². The minimum Gasteiger partial charge on any atom is -0.469 e. The van der Waals surface area contributed by atoms with Crippen LogP contribution in [0.4, 0.5) is 0 Å². The number of hydrogen-bond acceptors (Lipinski definition) is 3. The summed E-state index contributed by atoms with van der Waals surface area (Å²) in [5.41, 5.74) is 0. The zero-order valence-electron chi connectivity index (χ0n) is 17.6. The summed E-state index contributed by atoms with van der Waals surface area (Å²) in [6, 6.07) is 0. The quantitative estimate of drug-likeness (QED) is 0.106. The minimum absolute atomic E-state index is 0.0960. The lowest BCUT2D eigenvalue weighted by molar-refractivity contribution is -0.140. The summed E-state index contributed by atoms with van der Waals surface area (Å²) in [4.78, 5) is 11.0. The molecule has 26 heavy (non-hydrogen) atoms. The van der Waals surface area contributed by atoms with Crippen molar-refractivity contribution in [3.05, 3.63) is 36.5 Å². The second kappa shape index (κ2) is 16.1. The normalized spacial score (nSPS) is 13.9. The van der Waals surface area contributed by atoms with E-state index in [2.05, 4.69) is 67.8 Å². The summed E-state index contributed by atoms with van der Waals surface area (Å²) in [7, 11) is -0.0768. The topological polar surface area (TPSA) is 35.5 Å². The van der Waals surface area contributed by atoms with Crippen molar-refractivity contribution in [2.24, 2.45) is 0 Å². The van der Waals surface area contributed by atoms with Gasteiger partial charge in [0.25, 0.3) is 0 Å². The number of methoxy groups -OCH3 is 1. The van der Waals surface area contributed by atoms with E-state index in [-0.39, 0.29) is 12.1 Å². The highest BCUT2D eigenvalue weighted by Gasteiger charge is 2.18. The third-order valence-corrected chi connectivity index (χ3v) is 4.84. The number of carbonyl (C=O) groups excluding carboxylic acids is 1. The van der Waals surface area contributed by atoms with E-state index in [1.165, 1.54) is 26.4 Å². The van der Waals surface area contributed by atoms with Crippen molar-refractivity contribution in [1.82, 2.24) is 0 Å². The Morgan fingerprint density at radius 2 is 1.65 bits per heavy atom. The Balaban J connectivity index is 3.92. The summed E-state index contributed by atoms with van der Waals surface area (Å²) in [5, 5.41) is 0. The van der Waals surface area contributed by atoms with Gasteiger partial charge >= 0.3 is 5.97 Å². The van der Waals surface area contributed by atoms with Crippen molar-refractivity contribution in [1.29, 1.82) is 0 Å². The molecule has 0 aliphatic rings. The average Bonchev–Trinajstić information content (AvgIpc) is 2.58. The number of allylic oxidation sites excluding steroid dienone is 4. The van der Waals surface area contributed by atoms with Gasteiger partial charge in [0.15, 0.2) is 8.32 Å². The molecule has 0 unspecified atom stereocenters. The first-order valence-electron chi connectivity index (χ1n) is 10.1. The van der Waals surface area contributed by atoms with Crippen LogP contribution in [0.15, 0.2) is 36.5 Å². The van der Waals surface area contributed by atoms with Crippen molar-refractivity contribution in [2.45, 2.75) is 90.5 Å². The molecule has 0 amide bonds. The van der Waals surface area contributed by atoms with Crippen LogP contribution in [0.1, 0.15) is 64.7 Å². The van der Waals surface area contributed by atoms with Crippen LogP contribution in [0.25, 0.3) is 0 Å². The highest BCUT2D eigenvalue weighted by Crippen LogP contribution is 2.13. The lowest BCUT2D eigenvalue weighted by Gasteiger charge is -2.23. The smallest absolute Gasteiger partial charge is 0.305 e. The molecular weight excluding hydrogens is 340 g/mol. The number of hydrogen-bond donors (Lipinski definition) is 0. The van der Waals surface area contributed by atoms with Gasteiger partial charge < -0.3 is 9.16 Å². The Hall–Kier alpha value is -1.13. The fraction of sp³-hybridized carbons (Fsp3) is 0.682. The summed E-state index contributed by atoms with van der Waals surface area (Å²) >= 11 is 0. The molecule has 0 aromatic rings. The summed E-state index contributed by atoms with van der Waals surface area (Å²) in [6.45, 7) is 8.86. The van der Waals surface area contributed by atoms with Gasteiger partial charge in [0.2, 0.25) is 0 Å². The SMILES string of the molecule is CC/C=C\C[C@@H](/C=C/C=C\CCCCCCCC(=O)OC)O[Si](C)(C)C. The molecule has 0 aliphatic carbocycles. The molecule has 3 nitrogen and oxygen atoms in total. The van der Waals surface area contributed by atoms with Crippen LogP contribution < -0.4 is 0 Å². The fourth-order valence-corrected chi connectivity index (χ4v) is 3.63. The average molecular weight is 381 g/mol. The van der Waals surface area contributed by atoms with Gasteiger partial charge in [-0.3, -0.25) is 4.79 Å². The van der Waals surface area contributed by atoms with Gasteiger partial charge in [0, 0.05) is 6.42 Å². The van der Waals surface area contributed by atoms with Gasteiger partial charge in [0.05, 0.1) is 13.2 Å². The molecule has 0 aromatic carbocycles. The van der Waals surface area contributed by atoms with E-state index in [4.69, 9.17) is 4.43 Å². The molecule has 0 saturated heterocycles. The molecule has 0 aliphatic heterocycles. The number of esters is 1. The van der Waals surface area contributed by atoms with Crippen molar-refractivity contribution < 1.29 is 14.0 Å². The molecule has 150 valence electrons. The summed E-state index contributed by atoms with van der Waals surface area (Å²) in [5.74, 6) is -0.0960. The van der Waals surface area contributed by atoms with Crippen molar-refractivity contribution in [2.75, 3.05) is 7.11 Å². The minimum atomic E-state index is -1.53. The van der Waals surface area contributed by atoms with E-state index >= 15 is 0 Å². The van der Waals surface area contributed by atoms with Gasteiger partial charge in [-0.1, -0.05) is 62.6 Å². The molecule has 0 heterocycles. The lowest BCUT2D eigenvalue weighted by atomic mass is 10.1. The maximum Gasteiger partial charge on any atom is 0.305 e. The van der Waals surface area contributed by atoms with Gasteiger partial charge in [-0.05, 0) is 51.7 Å². The Kier molecular flexibility index (Phi) is 15.4. The maximum absolute atomic E-state index is 11.0. The molecule has 4 heteroatoms. The second-order valence-corrected chi connectivity index (χ2v) is 12.0. The Morgan fingerprint density at radius 3 is 2.31 bits per heavy atom. The fourth-order valence-electron chi connectivity index (χ4n) is 2.54. The molecule has 1 atom stereocenters. The number of carbonyl (C=O) groups is 1. The van der Waals surface area contributed by atoms with Crippen LogP contribution in [0, 0.1) is 0 Å². The van der Waals surface area contributed by atoms with E-state index in [9.17, 15) is 4.79 Å². The summed E-state index contributed by atoms with van der Waals surface area (Å²) < 4.78 is 10.9. The van der Waals surface area contributed by atoms with Gasteiger partial charge in [-0.2, -0.15) is 0 Å². The molecule has 0 fully saturated rings. The van der Waals surface area contributed by atoms with Crippen LogP contribution in [0.3, 0.4) is 0 Å². The van der Waals surface area contributed by atoms with Gasteiger partial charge in [0.1, 0.15) is 0 Å². The first-order chi connectivity index (χ1) is 12.4. The molecule has 0 radical (unpaired) electrons. The lowest BCUT2D eigenvalue weighted by Crippen LogP contribution is -2.30. The van der Waals surface area contributed by atoms with Crippen molar-refractivity contribution in [3.63, 3.8) is 0 Å². The highest BCUT2D eigenvalue weighted by molar-refractivity contribution is 6.69. The Morgan fingerprint density at radius 1 is 0.962 bits per heavy atom. The molecule has 0 bridgehead atoms. The molecule has 0 aromatic heterocycles. The van der Waals surface area contributed by atoms with E-state index in [1.807, 2.05) is 0 Å². The predicted octanol–water partition coefficient (Wildman–Crippen LogP) is 6.58. The number of rotatable bonds is 15. The van der Waals surface area contributed by atoms with E-state index in [0.29, 0.717) is 6.42 Å². The van der Waals surface area contributed by atoms with Crippen LogP contribution >= 0.6 is 0 Å². The maximum atomic E-state index is 11.0. The van der Waals surface area contributed by atoms with E-state index < -0.39 is 8.32 Å². The summed E-state index contributed by atoms with van der Waals surface area (Å²) in [6.07, 6.45) is 22.6. The van der Waals surface area contributed by atoms with Crippen LogP contribution in [-0.2, 0) is 14.0 Å². The molecule has 0 N–H and O–H groups in total. The number of unbranched alkanes of at least 4 members (excludes halogenated alkanes) is 5. The van der Waals surface area contributed by atoms with Gasteiger partial charge in [-0.25, -0.2) is 0 Å². The highest BCUT2D eigenvalue weighted by atomic mass is 28.4. The standard InChI is InChI=1S/C22H40O3Si/c1-6-7-15-18-21(25-26(3,4)5)19-16-13-11-9-8-10-12-14-17-20-22(23)24-2/h7,11,13,15-16,19,21H,6,8-10,12,14,17-18,20H2,1-5H3/b13-11-,15-7-,19-16+/t21-/m0/s1. The molecule has 0 spiro atoms. The predicted molar refractivity (Wildman–Crippen MR) is 115 cm³/mol. The molecule has 0 rings (SSSR count). The van der Waals surface area contributed by atoms with Crippen molar-refractivity contribution in [3.8, 4) is 0 Å². The third-order valence-electron chi connectivity index (χ3n) is 3.83. The Labute approximate surface area is 162 Å². The van der Waals surface area contributed by atoms with Crippen LogP contribution in [-0.4, -0.2) is 27.5 Å². The first-order valence-corrected chi connectivity index (χ1v) is 13.5.